The summed E-state index contributed by atoms with van der Waals surface area (Å²) in [7, 11) is 1.35. The summed E-state index contributed by atoms with van der Waals surface area (Å²) in [5.74, 6) is -0.416. The van der Waals surface area contributed by atoms with E-state index in [1.54, 1.807) is 17.4 Å². The Kier molecular flexibility index (Phi) is 4.06. The number of nitrogen functional groups attached to an aromatic ring is 1. The van der Waals surface area contributed by atoms with Crippen molar-refractivity contribution in [1.29, 1.82) is 0 Å². The highest BCUT2D eigenvalue weighted by molar-refractivity contribution is 7.09. The predicted molar refractivity (Wildman–Crippen MR) is 78.6 cm³/mol. The van der Waals surface area contributed by atoms with Crippen molar-refractivity contribution in [1.82, 2.24) is 0 Å². The number of aryl methyl sites for hydroxylation is 1. The summed E-state index contributed by atoms with van der Waals surface area (Å²) in [6.07, 6.45) is 0. The molecule has 19 heavy (non-hydrogen) atoms. The minimum Gasteiger partial charge on any atom is -0.465 e. The van der Waals surface area contributed by atoms with E-state index in [-0.39, 0.29) is 0 Å². The lowest BCUT2D eigenvalue weighted by Gasteiger charge is -2.11. The number of thiophene rings is 1. The van der Waals surface area contributed by atoms with E-state index in [1.807, 2.05) is 24.4 Å². The van der Waals surface area contributed by atoms with Gasteiger partial charge < -0.3 is 15.8 Å². The monoisotopic (exact) mass is 276 g/mol. The first-order chi connectivity index (χ1) is 9.11. The number of esters is 1. The molecule has 1 aromatic carbocycles. The van der Waals surface area contributed by atoms with E-state index in [0.29, 0.717) is 11.3 Å². The molecular weight excluding hydrogens is 260 g/mol. The Morgan fingerprint density at radius 2 is 2.26 bits per heavy atom. The number of methoxy groups -OCH3 is 1. The van der Waals surface area contributed by atoms with Gasteiger partial charge in [0.1, 0.15) is 0 Å². The van der Waals surface area contributed by atoms with Crippen LogP contribution >= 0.6 is 11.3 Å². The zero-order valence-corrected chi connectivity index (χ0v) is 11.7. The molecular formula is C14H16N2O2S. The minimum absolute atomic E-state index is 0.399. The van der Waals surface area contributed by atoms with Gasteiger partial charge in [-0.15, -0.1) is 11.3 Å². The van der Waals surface area contributed by atoms with Crippen LogP contribution in [0.4, 0.5) is 11.4 Å². The van der Waals surface area contributed by atoms with Crippen molar-refractivity contribution in [2.75, 3.05) is 18.2 Å². The molecule has 0 spiro atoms. The molecule has 0 radical (unpaired) electrons. The van der Waals surface area contributed by atoms with E-state index < -0.39 is 5.97 Å². The highest BCUT2D eigenvalue weighted by atomic mass is 32.1. The SMILES string of the molecule is COC(=O)c1cc(NCc2cccs2)cc(C)c1N. The van der Waals surface area contributed by atoms with E-state index in [0.717, 1.165) is 17.8 Å². The van der Waals surface area contributed by atoms with Gasteiger partial charge in [0.2, 0.25) is 0 Å². The van der Waals surface area contributed by atoms with E-state index >= 15 is 0 Å². The van der Waals surface area contributed by atoms with Crippen molar-refractivity contribution < 1.29 is 9.53 Å². The summed E-state index contributed by atoms with van der Waals surface area (Å²) >= 11 is 1.69. The van der Waals surface area contributed by atoms with Gasteiger partial charge >= 0.3 is 5.97 Å². The van der Waals surface area contributed by atoms with E-state index in [2.05, 4.69) is 11.4 Å². The number of carbonyl (C=O) groups is 1. The molecule has 5 heteroatoms. The smallest absolute Gasteiger partial charge is 0.340 e. The van der Waals surface area contributed by atoms with Crippen molar-refractivity contribution in [3.63, 3.8) is 0 Å². The number of nitrogens with two attached hydrogens (primary N) is 1. The minimum atomic E-state index is -0.416. The molecule has 1 heterocycles. The number of hydrogen-bond acceptors (Lipinski definition) is 5. The molecule has 0 amide bonds. The third-order valence-corrected chi connectivity index (χ3v) is 3.72. The van der Waals surface area contributed by atoms with Crippen LogP contribution in [0.1, 0.15) is 20.8 Å². The van der Waals surface area contributed by atoms with Gasteiger partial charge in [-0.2, -0.15) is 0 Å². The Balaban J connectivity index is 2.21. The number of nitrogens with one attached hydrogen (secondary N) is 1. The third kappa shape index (κ3) is 3.06. The Bertz CT molecular complexity index is 579. The predicted octanol–water partition coefficient (Wildman–Crippen LogP) is 3.04. The highest BCUT2D eigenvalue weighted by Gasteiger charge is 2.13. The van der Waals surface area contributed by atoms with Gasteiger partial charge in [0.15, 0.2) is 0 Å². The van der Waals surface area contributed by atoms with Gasteiger partial charge in [0, 0.05) is 22.8 Å². The van der Waals surface area contributed by atoms with Crippen LogP contribution in [0.5, 0.6) is 0 Å². The number of rotatable bonds is 4. The van der Waals surface area contributed by atoms with Crippen molar-refractivity contribution in [2.24, 2.45) is 0 Å². The van der Waals surface area contributed by atoms with Crippen LogP contribution in [0, 0.1) is 6.92 Å². The van der Waals surface area contributed by atoms with Crippen molar-refractivity contribution >= 4 is 28.7 Å². The highest BCUT2D eigenvalue weighted by Crippen LogP contribution is 2.24. The van der Waals surface area contributed by atoms with E-state index in [4.69, 9.17) is 10.5 Å². The Morgan fingerprint density at radius 3 is 2.89 bits per heavy atom. The molecule has 0 saturated carbocycles. The Hall–Kier alpha value is -2.01. The molecule has 0 aliphatic rings. The molecule has 0 atom stereocenters. The molecule has 0 saturated heterocycles. The number of carbonyl (C=O) groups excluding carboxylic acids is 1. The molecule has 0 aliphatic heterocycles. The molecule has 0 bridgehead atoms. The molecule has 4 nitrogen and oxygen atoms in total. The second-order valence-electron chi connectivity index (χ2n) is 4.18. The molecule has 100 valence electrons. The average molecular weight is 276 g/mol. The first kappa shape index (κ1) is 13.4. The van der Waals surface area contributed by atoms with Gasteiger partial charge in [-0.3, -0.25) is 0 Å². The fourth-order valence-electron chi connectivity index (χ4n) is 1.78. The van der Waals surface area contributed by atoms with Crippen LogP contribution in [0.15, 0.2) is 29.6 Å². The maximum absolute atomic E-state index is 11.6. The molecule has 0 fully saturated rings. The van der Waals surface area contributed by atoms with E-state index in [9.17, 15) is 4.79 Å². The summed E-state index contributed by atoms with van der Waals surface area (Å²) in [4.78, 5) is 12.9. The lowest BCUT2D eigenvalue weighted by atomic mass is 10.1. The second kappa shape index (κ2) is 5.75. The maximum Gasteiger partial charge on any atom is 0.340 e. The topological polar surface area (TPSA) is 64.3 Å². The number of ether oxygens (including phenoxy) is 1. The molecule has 2 rings (SSSR count). The van der Waals surface area contributed by atoms with Crippen LogP contribution < -0.4 is 11.1 Å². The first-order valence-electron chi connectivity index (χ1n) is 5.86. The van der Waals surface area contributed by atoms with Gasteiger partial charge in [-0.05, 0) is 36.1 Å². The zero-order valence-electron chi connectivity index (χ0n) is 10.9. The normalized spacial score (nSPS) is 10.2. The Labute approximate surface area is 116 Å². The van der Waals surface area contributed by atoms with Gasteiger partial charge in [0.25, 0.3) is 0 Å². The first-order valence-corrected chi connectivity index (χ1v) is 6.74. The van der Waals surface area contributed by atoms with Crippen LogP contribution in [-0.2, 0) is 11.3 Å². The number of hydrogen-bond donors (Lipinski definition) is 2. The van der Waals surface area contributed by atoms with Crippen LogP contribution in [-0.4, -0.2) is 13.1 Å². The van der Waals surface area contributed by atoms with Crippen molar-refractivity contribution in [2.45, 2.75) is 13.5 Å². The zero-order chi connectivity index (χ0) is 13.8. The fraction of sp³-hybridized carbons (Fsp3) is 0.214. The van der Waals surface area contributed by atoms with Crippen molar-refractivity contribution in [3.05, 3.63) is 45.6 Å². The second-order valence-corrected chi connectivity index (χ2v) is 5.21. The molecule has 1 aromatic heterocycles. The molecule has 2 aromatic rings. The van der Waals surface area contributed by atoms with Crippen molar-refractivity contribution in [3.8, 4) is 0 Å². The quantitative estimate of drug-likeness (QED) is 0.665. The van der Waals surface area contributed by atoms with Gasteiger partial charge in [0.05, 0.1) is 12.7 Å². The van der Waals surface area contributed by atoms with Gasteiger partial charge in [-0.25, -0.2) is 4.79 Å². The lowest BCUT2D eigenvalue weighted by molar-refractivity contribution is 0.0602. The maximum atomic E-state index is 11.6. The fourth-order valence-corrected chi connectivity index (χ4v) is 2.43. The van der Waals surface area contributed by atoms with Crippen LogP contribution in [0.25, 0.3) is 0 Å². The van der Waals surface area contributed by atoms with Crippen LogP contribution in [0.3, 0.4) is 0 Å². The number of benzene rings is 1. The summed E-state index contributed by atoms with van der Waals surface area (Å²) in [5.41, 5.74) is 8.48. The molecule has 0 aliphatic carbocycles. The Morgan fingerprint density at radius 1 is 1.47 bits per heavy atom. The summed E-state index contributed by atoms with van der Waals surface area (Å²) in [6, 6.07) is 7.72. The molecule has 3 N–H and O–H groups in total. The standard InChI is InChI=1S/C14H16N2O2S/c1-9-6-10(16-8-11-4-3-5-19-11)7-12(13(9)15)14(17)18-2/h3-7,16H,8,15H2,1-2H3. The van der Waals surface area contributed by atoms with Gasteiger partial charge in [-0.1, -0.05) is 6.07 Å². The lowest BCUT2D eigenvalue weighted by Crippen LogP contribution is -2.08. The largest absolute Gasteiger partial charge is 0.465 e. The summed E-state index contributed by atoms with van der Waals surface area (Å²) in [6.45, 7) is 2.60. The number of anilines is 2. The third-order valence-electron chi connectivity index (χ3n) is 2.84. The average Bonchev–Trinajstić information content (AvgIpc) is 2.92. The summed E-state index contributed by atoms with van der Waals surface area (Å²) in [5, 5.41) is 5.31. The molecule has 0 unspecified atom stereocenters. The summed E-state index contributed by atoms with van der Waals surface area (Å²) < 4.78 is 4.73. The van der Waals surface area contributed by atoms with E-state index in [1.165, 1.54) is 12.0 Å². The van der Waals surface area contributed by atoms with Crippen LogP contribution in [0.2, 0.25) is 0 Å².